The molecule has 0 saturated heterocycles. The first-order chi connectivity index (χ1) is 9.35. The number of hydrogen-bond donors (Lipinski definition) is 1. The Kier molecular flexibility index (Phi) is 3.08. The van der Waals surface area contributed by atoms with Gasteiger partial charge in [0.25, 0.3) is 0 Å². The number of para-hydroxylation sites is 2. The number of rotatable bonds is 3. The Labute approximate surface area is 110 Å². The first kappa shape index (κ1) is 11.6. The number of aliphatic hydroxyl groups excluding tert-OH is 1. The van der Waals surface area contributed by atoms with Gasteiger partial charge in [0.05, 0.1) is 23.8 Å². The van der Waals surface area contributed by atoms with Crippen LogP contribution in [0.1, 0.15) is 5.56 Å². The van der Waals surface area contributed by atoms with Gasteiger partial charge in [0.15, 0.2) is 0 Å². The summed E-state index contributed by atoms with van der Waals surface area (Å²) in [7, 11) is 0. The Morgan fingerprint density at radius 3 is 2.42 bits per heavy atom. The normalized spacial score (nSPS) is 10.6. The molecule has 0 spiro atoms. The fourth-order valence-electron chi connectivity index (χ4n) is 1.77. The van der Waals surface area contributed by atoms with Crippen molar-refractivity contribution >= 4 is 11.0 Å². The predicted octanol–water partition coefficient (Wildman–Crippen LogP) is 2.91. The molecule has 0 fully saturated rings. The van der Waals surface area contributed by atoms with Gasteiger partial charge in [0, 0.05) is 0 Å². The van der Waals surface area contributed by atoms with E-state index in [1.165, 1.54) is 0 Å². The van der Waals surface area contributed by atoms with E-state index < -0.39 is 0 Å². The molecule has 0 unspecified atom stereocenters. The lowest BCUT2D eigenvalue weighted by molar-refractivity contribution is 0.281. The molecule has 0 saturated carbocycles. The van der Waals surface area contributed by atoms with E-state index in [1.807, 2.05) is 36.4 Å². The highest BCUT2D eigenvalue weighted by molar-refractivity contribution is 5.74. The van der Waals surface area contributed by atoms with E-state index in [2.05, 4.69) is 9.97 Å². The molecule has 0 aliphatic heterocycles. The lowest BCUT2D eigenvalue weighted by Gasteiger charge is -2.05. The molecule has 0 amide bonds. The second-order valence-corrected chi connectivity index (χ2v) is 4.10. The maximum Gasteiger partial charge on any atom is 0.238 e. The number of aromatic nitrogens is 2. The van der Waals surface area contributed by atoms with Crippen LogP contribution in [0.2, 0.25) is 0 Å². The van der Waals surface area contributed by atoms with Gasteiger partial charge in [-0.15, -0.1) is 0 Å². The van der Waals surface area contributed by atoms with Crippen LogP contribution < -0.4 is 4.74 Å². The lowest BCUT2D eigenvalue weighted by atomic mass is 10.2. The van der Waals surface area contributed by atoms with Crippen LogP contribution in [0.4, 0.5) is 0 Å². The third-order valence-corrected chi connectivity index (χ3v) is 2.75. The van der Waals surface area contributed by atoms with Gasteiger partial charge < -0.3 is 9.84 Å². The minimum Gasteiger partial charge on any atom is -0.437 e. The topological polar surface area (TPSA) is 55.2 Å². The van der Waals surface area contributed by atoms with Gasteiger partial charge in [-0.05, 0) is 29.8 Å². The Hall–Kier alpha value is -2.46. The third-order valence-electron chi connectivity index (χ3n) is 2.75. The van der Waals surface area contributed by atoms with Crippen molar-refractivity contribution in [1.29, 1.82) is 0 Å². The molecule has 0 bridgehead atoms. The summed E-state index contributed by atoms with van der Waals surface area (Å²) in [6.07, 6.45) is 1.60. The molecule has 1 aromatic heterocycles. The second kappa shape index (κ2) is 5.04. The van der Waals surface area contributed by atoms with Crippen molar-refractivity contribution in [3.63, 3.8) is 0 Å². The summed E-state index contributed by atoms with van der Waals surface area (Å²) >= 11 is 0. The Balaban J connectivity index is 1.87. The van der Waals surface area contributed by atoms with Crippen molar-refractivity contribution in [2.75, 3.05) is 0 Å². The summed E-state index contributed by atoms with van der Waals surface area (Å²) in [5, 5.41) is 8.97. The molecule has 1 heterocycles. The van der Waals surface area contributed by atoms with Crippen LogP contribution in [0.5, 0.6) is 11.6 Å². The fraction of sp³-hybridized carbons (Fsp3) is 0.0667. The van der Waals surface area contributed by atoms with Crippen molar-refractivity contribution in [2.45, 2.75) is 6.61 Å². The molecule has 2 aromatic carbocycles. The molecule has 0 radical (unpaired) electrons. The number of benzene rings is 2. The molecule has 94 valence electrons. The third kappa shape index (κ3) is 2.53. The van der Waals surface area contributed by atoms with E-state index in [0.717, 1.165) is 16.6 Å². The summed E-state index contributed by atoms with van der Waals surface area (Å²) in [6.45, 7) is 0.0239. The first-order valence-electron chi connectivity index (χ1n) is 5.94. The van der Waals surface area contributed by atoms with Crippen molar-refractivity contribution in [3.8, 4) is 11.6 Å². The first-order valence-corrected chi connectivity index (χ1v) is 5.94. The molecule has 19 heavy (non-hydrogen) atoms. The molecule has 0 atom stereocenters. The van der Waals surface area contributed by atoms with E-state index in [-0.39, 0.29) is 6.61 Å². The predicted molar refractivity (Wildman–Crippen MR) is 72.0 cm³/mol. The number of hydrogen-bond acceptors (Lipinski definition) is 4. The maximum atomic E-state index is 8.97. The van der Waals surface area contributed by atoms with Gasteiger partial charge in [0.1, 0.15) is 5.75 Å². The Morgan fingerprint density at radius 1 is 0.947 bits per heavy atom. The van der Waals surface area contributed by atoms with E-state index in [4.69, 9.17) is 9.84 Å². The Bertz CT molecular complexity index is 696. The van der Waals surface area contributed by atoms with Gasteiger partial charge >= 0.3 is 0 Å². The van der Waals surface area contributed by atoms with Gasteiger partial charge in [-0.3, -0.25) is 0 Å². The zero-order valence-electron chi connectivity index (χ0n) is 10.2. The molecular weight excluding hydrogens is 240 g/mol. The molecule has 4 nitrogen and oxygen atoms in total. The number of aliphatic hydroxyl groups is 1. The monoisotopic (exact) mass is 252 g/mol. The van der Waals surface area contributed by atoms with Crippen molar-refractivity contribution < 1.29 is 9.84 Å². The van der Waals surface area contributed by atoms with E-state index in [0.29, 0.717) is 11.6 Å². The highest BCUT2D eigenvalue weighted by Gasteiger charge is 2.02. The van der Waals surface area contributed by atoms with Crippen molar-refractivity contribution in [3.05, 3.63) is 60.3 Å². The average molecular weight is 252 g/mol. The average Bonchev–Trinajstić information content (AvgIpc) is 2.48. The highest BCUT2D eigenvalue weighted by atomic mass is 16.5. The fourth-order valence-corrected chi connectivity index (χ4v) is 1.77. The number of ether oxygens (including phenoxy) is 1. The lowest BCUT2D eigenvalue weighted by Crippen LogP contribution is -1.91. The minimum absolute atomic E-state index is 0.0239. The van der Waals surface area contributed by atoms with E-state index >= 15 is 0 Å². The molecule has 4 heteroatoms. The molecule has 0 aliphatic carbocycles. The van der Waals surface area contributed by atoms with Gasteiger partial charge in [-0.1, -0.05) is 24.3 Å². The summed E-state index contributed by atoms with van der Waals surface area (Å²) in [6, 6.07) is 14.8. The van der Waals surface area contributed by atoms with Crippen LogP contribution in [0, 0.1) is 0 Å². The summed E-state index contributed by atoms with van der Waals surface area (Å²) in [5.41, 5.74) is 2.48. The number of nitrogens with zero attached hydrogens (tertiary/aromatic N) is 2. The van der Waals surface area contributed by atoms with Crippen LogP contribution in [-0.2, 0) is 6.61 Å². The van der Waals surface area contributed by atoms with Crippen LogP contribution >= 0.6 is 0 Å². The molecular formula is C15H12N2O2. The molecule has 1 N–H and O–H groups in total. The van der Waals surface area contributed by atoms with Gasteiger partial charge in [-0.2, -0.15) is 0 Å². The molecule has 3 rings (SSSR count). The largest absolute Gasteiger partial charge is 0.437 e. The summed E-state index contributed by atoms with van der Waals surface area (Å²) < 4.78 is 5.63. The van der Waals surface area contributed by atoms with Crippen molar-refractivity contribution in [2.24, 2.45) is 0 Å². The standard InChI is InChI=1S/C15H12N2O2/c18-10-11-5-7-12(8-6-11)19-15-9-16-13-3-1-2-4-14(13)17-15/h1-9,18H,10H2. The summed E-state index contributed by atoms with van der Waals surface area (Å²) in [4.78, 5) is 8.66. The number of fused-ring (bicyclic) bond motifs is 1. The SMILES string of the molecule is OCc1ccc(Oc2cnc3ccccc3n2)cc1. The zero-order chi connectivity index (χ0) is 13.1. The van der Waals surface area contributed by atoms with E-state index in [1.54, 1.807) is 18.3 Å². The van der Waals surface area contributed by atoms with Crippen LogP contribution in [0.25, 0.3) is 11.0 Å². The molecule has 3 aromatic rings. The van der Waals surface area contributed by atoms with Crippen LogP contribution in [-0.4, -0.2) is 15.1 Å². The zero-order valence-corrected chi connectivity index (χ0v) is 10.2. The quantitative estimate of drug-likeness (QED) is 0.778. The highest BCUT2D eigenvalue weighted by Crippen LogP contribution is 2.21. The van der Waals surface area contributed by atoms with Crippen LogP contribution in [0.3, 0.4) is 0 Å². The van der Waals surface area contributed by atoms with Gasteiger partial charge in [-0.25, -0.2) is 9.97 Å². The Morgan fingerprint density at radius 2 is 1.68 bits per heavy atom. The minimum atomic E-state index is 0.0239. The second-order valence-electron chi connectivity index (χ2n) is 4.10. The molecule has 0 aliphatic rings. The van der Waals surface area contributed by atoms with Crippen LogP contribution in [0.15, 0.2) is 54.7 Å². The summed E-state index contributed by atoms with van der Waals surface area (Å²) in [5.74, 6) is 1.12. The van der Waals surface area contributed by atoms with Gasteiger partial charge in [0.2, 0.25) is 5.88 Å². The maximum absolute atomic E-state index is 8.97. The van der Waals surface area contributed by atoms with Crippen molar-refractivity contribution in [1.82, 2.24) is 9.97 Å². The smallest absolute Gasteiger partial charge is 0.238 e. The van der Waals surface area contributed by atoms with E-state index in [9.17, 15) is 0 Å².